The van der Waals surface area contributed by atoms with Gasteiger partial charge >= 0.3 is 5.97 Å². The van der Waals surface area contributed by atoms with Gasteiger partial charge in [0.2, 0.25) is 11.8 Å². The van der Waals surface area contributed by atoms with Crippen LogP contribution in [0.25, 0.3) is 11.3 Å². The molecule has 1 aromatic heterocycles. The zero-order chi connectivity index (χ0) is 22.7. The number of para-hydroxylation sites is 1. The van der Waals surface area contributed by atoms with Crippen LogP contribution in [0.4, 0.5) is 0 Å². The van der Waals surface area contributed by atoms with Crippen molar-refractivity contribution in [2.75, 3.05) is 13.2 Å². The van der Waals surface area contributed by atoms with E-state index in [0.29, 0.717) is 28.5 Å². The summed E-state index contributed by atoms with van der Waals surface area (Å²) < 4.78 is 18.2. The molecule has 0 spiro atoms. The number of carbonyl (C=O) groups excluding carboxylic acids is 1. The summed E-state index contributed by atoms with van der Waals surface area (Å²) in [6.45, 7) is 1.75. The van der Waals surface area contributed by atoms with E-state index in [9.17, 15) is 10.1 Å². The minimum Gasteiger partial charge on any atom is -0.482 e. The summed E-state index contributed by atoms with van der Waals surface area (Å²) in [6, 6.07) is 19.0. The molecular weight excluding hydrogens is 408 g/mol. The number of hydrogen-bond donors (Lipinski definition) is 1. The number of ether oxygens (including phenoxy) is 3. The predicted octanol–water partition coefficient (Wildman–Crippen LogP) is 3.25. The van der Waals surface area contributed by atoms with E-state index < -0.39 is 11.9 Å². The fourth-order valence-corrected chi connectivity index (χ4v) is 3.78. The monoisotopic (exact) mass is 430 g/mol. The Hall–Kier alpha value is -4.25. The van der Waals surface area contributed by atoms with Gasteiger partial charge in [-0.15, -0.1) is 0 Å². The molecule has 32 heavy (non-hydrogen) atoms. The van der Waals surface area contributed by atoms with Crippen molar-refractivity contribution in [3.8, 4) is 29.0 Å². The fourth-order valence-electron chi connectivity index (χ4n) is 3.78. The van der Waals surface area contributed by atoms with Crippen molar-refractivity contribution in [3.05, 3.63) is 77.2 Å². The highest BCUT2D eigenvalue weighted by molar-refractivity contribution is 5.73. The van der Waals surface area contributed by atoms with Gasteiger partial charge in [-0.1, -0.05) is 48.5 Å². The fraction of sp³-hybridized carbons (Fsp3) is 0.208. The van der Waals surface area contributed by atoms with Gasteiger partial charge in [0.1, 0.15) is 23.1 Å². The molecule has 3 aromatic rings. The number of nitrogens with two attached hydrogens (primary N) is 1. The van der Waals surface area contributed by atoms with E-state index in [1.54, 1.807) is 30.8 Å². The Morgan fingerprint density at radius 1 is 1.22 bits per heavy atom. The Morgan fingerprint density at radius 2 is 1.94 bits per heavy atom. The van der Waals surface area contributed by atoms with Crippen molar-refractivity contribution in [1.82, 2.24) is 9.78 Å². The third kappa shape index (κ3) is 3.76. The lowest BCUT2D eigenvalue weighted by Crippen LogP contribution is -2.22. The minimum atomic E-state index is -0.592. The number of nitriles is 1. The predicted molar refractivity (Wildman–Crippen MR) is 117 cm³/mol. The number of hydrogen-bond acceptors (Lipinski definition) is 7. The van der Waals surface area contributed by atoms with Gasteiger partial charge in [0, 0.05) is 18.2 Å². The molecule has 2 N–H and O–H groups in total. The van der Waals surface area contributed by atoms with Crippen molar-refractivity contribution in [3.63, 3.8) is 0 Å². The molecule has 1 aliphatic rings. The number of aromatic nitrogens is 2. The van der Waals surface area contributed by atoms with Gasteiger partial charge in [-0.25, -0.2) is 9.48 Å². The maximum atomic E-state index is 11.9. The molecule has 0 fully saturated rings. The zero-order valence-corrected chi connectivity index (χ0v) is 17.7. The van der Waals surface area contributed by atoms with Gasteiger partial charge in [0.25, 0.3) is 0 Å². The average Bonchev–Trinajstić information content (AvgIpc) is 3.13. The molecule has 2 aromatic carbocycles. The number of nitrogens with zero attached hydrogens (tertiary/aromatic N) is 3. The van der Waals surface area contributed by atoms with E-state index in [2.05, 4.69) is 11.2 Å². The van der Waals surface area contributed by atoms with Gasteiger partial charge < -0.3 is 19.9 Å². The van der Waals surface area contributed by atoms with Gasteiger partial charge in [-0.2, -0.15) is 10.4 Å². The molecule has 1 aliphatic heterocycles. The number of fused-ring (bicyclic) bond motifs is 1. The number of rotatable bonds is 6. The van der Waals surface area contributed by atoms with Crippen molar-refractivity contribution in [2.24, 2.45) is 12.8 Å². The lowest BCUT2D eigenvalue weighted by Gasteiger charge is -2.26. The highest BCUT2D eigenvalue weighted by Crippen LogP contribution is 2.48. The molecule has 0 amide bonds. The van der Waals surface area contributed by atoms with E-state index in [-0.39, 0.29) is 24.7 Å². The normalized spacial score (nSPS) is 14.8. The van der Waals surface area contributed by atoms with E-state index in [0.717, 1.165) is 5.56 Å². The Bertz CT molecular complexity index is 1220. The second kappa shape index (κ2) is 8.86. The molecule has 2 heterocycles. The van der Waals surface area contributed by atoms with Crippen molar-refractivity contribution in [2.45, 2.75) is 12.8 Å². The van der Waals surface area contributed by atoms with E-state index in [4.69, 9.17) is 19.9 Å². The molecule has 8 heteroatoms. The maximum absolute atomic E-state index is 11.9. The first kappa shape index (κ1) is 21.0. The number of benzene rings is 2. The molecule has 0 saturated carbocycles. The van der Waals surface area contributed by atoms with Crippen LogP contribution in [0.2, 0.25) is 0 Å². The molecule has 8 nitrogen and oxygen atoms in total. The molecule has 0 bridgehead atoms. The third-order valence-electron chi connectivity index (χ3n) is 5.13. The molecule has 0 saturated heterocycles. The Kier molecular flexibility index (Phi) is 5.81. The number of allylic oxidation sites excluding steroid dienone is 1. The third-order valence-corrected chi connectivity index (χ3v) is 5.13. The second-order valence-electron chi connectivity index (χ2n) is 7.11. The van der Waals surface area contributed by atoms with Gasteiger partial charge in [-0.05, 0) is 13.0 Å². The molecule has 0 aliphatic carbocycles. The first-order valence-electron chi connectivity index (χ1n) is 10.1. The lowest BCUT2D eigenvalue weighted by molar-refractivity contribution is -0.145. The summed E-state index contributed by atoms with van der Waals surface area (Å²) in [4.78, 5) is 11.9. The average molecular weight is 430 g/mol. The number of esters is 1. The van der Waals surface area contributed by atoms with Crippen LogP contribution in [0.15, 0.2) is 66.1 Å². The molecule has 0 radical (unpaired) electrons. The zero-order valence-electron chi connectivity index (χ0n) is 17.7. The minimum absolute atomic E-state index is 0.00723. The summed E-state index contributed by atoms with van der Waals surface area (Å²) in [7, 11) is 1.76. The second-order valence-corrected chi connectivity index (χ2v) is 7.11. The number of aryl methyl sites for hydroxylation is 1. The van der Waals surface area contributed by atoms with Crippen LogP contribution in [-0.2, 0) is 16.6 Å². The molecule has 4 rings (SSSR count). The topological polar surface area (TPSA) is 112 Å². The van der Waals surface area contributed by atoms with Crippen molar-refractivity contribution < 1.29 is 19.0 Å². The smallest absolute Gasteiger partial charge is 0.344 e. The van der Waals surface area contributed by atoms with E-state index in [1.807, 2.05) is 42.5 Å². The van der Waals surface area contributed by atoms with Crippen LogP contribution in [-0.4, -0.2) is 29.0 Å². The highest BCUT2D eigenvalue weighted by Gasteiger charge is 2.38. The Labute approximate surface area is 185 Å². The molecule has 1 atom stereocenters. The SMILES string of the molecule is CCOC(=O)COc1ccccc1[C@@H]1C(C#N)=C(N)Oc2c1c(-c1ccccc1)nn2C. The van der Waals surface area contributed by atoms with E-state index >= 15 is 0 Å². The standard InChI is InChI=1S/C24H22N4O4/c1-3-30-19(29)14-31-18-12-8-7-11-16(18)20-17(13-25)23(26)32-24-21(20)22(27-28(24)2)15-9-5-4-6-10-15/h4-12,20H,3,14,26H2,1-2H3/t20-/m1/s1. The maximum Gasteiger partial charge on any atom is 0.344 e. The molecular formula is C24H22N4O4. The first-order chi connectivity index (χ1) is 15.5. The van der Waals surface area contributed by atoms with E-state index in [1.165, 1.54) is 0 Å². The van der Waals surface area contributed by atoms with Gasteiger partial charge in [0.05, 0.1) is 18.1 Å². The molecule has 0 unspecified atom stereocenters. The van der Waals surface area contributed by atoms with Crippen LogP contribution >= 0.6 is 0 Å². The van der Waals surface area contributed by atoms with Gasteiger partial charge in [-0.3, -0.25) is 0 Å². The first-order valence-corrected chi connectivity index (χ1v) is 10.1. The van der Waals surface area contributed by atoms with Crippen LogP contribution in [0, 0.1) is 11.3 Å². The summed E-state index contributed by atoms with van der Waals surface area (Å²) in [6.07, 6.45) is 0. The van der Waals surface area contributed by atoms with Crippen molar-refractivity contribution in [1.29, 1.82) is 5.26 Å². The Balaban J connectivity index is 1.87. The van der Waals surface area contributed by atoms with Gasteiger partial charge in [0.15, 0.2) is 6.61 Å². The number of carbonyl (C=O) groups is 1. The Morgan fingerprint density at radius 3 is 2.66 bits per heavy atom. The summed E-state index contributed by atoms with van der Waals surface area (Å²) >= 11 is 0. The van der Waals surface area contributed by atoms with Crippen LogP contribution in [0.5, 0.6) is 11.6 Å². The lowest BCUT2D eigenvalue weighted by atomic mass is 9.82. The largest absolute Gasteiger partial charge is 0.482 e. The summed E-state index contributed by atoms with van der Waals surface area (Å²) in [5, 5.41) is 14.6. The van der Waals surface area contributed by atoms with Crippen LogP contribution in [0.3, 0.4) is 0 Å². The quantitative estimate of drug-likeness (QED) is 0.597. The summed E-state index contributed by atoms with van der Waals surface area (Å²) in [5.41, 5.74) is 9.31. The summed E-state index contributed by atoms with van der Waals surface area (Å²) in [5.74, 6) is -0.164. The van der Waals surface area contributed by atoms with Crippen molar-refractivity contribution >= 4 is 5.97 Å². The molecule has 162 valence electrons. The highest BCUT2D eigenvalue weighted by atomic mass is 16.6. The van der Waals surface area contributed by atoms with Crippen LogP contribution < -0.4 is 15.2 Å². The van der Waals surface area contributed by atoms with Crippen LogP contribution in [0.1, 0.15) is 24.0 Å².